The minimum absolute atomic E-state index is 0.0179. The predicted molar refractivity (Wildman–Crippen MR) is 130 cm³/mol. The average molecular weight is 512 g/mol. The Bertz CT molecular complexity index is 853. The number of esters is 2. The summed E-state index contributed by atoms with van der Waals surface area (Å²) in [6, 6.07) is 5.74. The minimum atomic E-state index is -2.02. The van der Waals surface area contributed by atoms with Gasteiger partial charge >= 0.3 is 11.9 Å². The molecule has 0 bridgehead atoms. The Morgan fingerprint density at radius 1 is 1.03 bits per heavy atom. The van der Waals surface area contributed by atoms with Crippen LogP contribution in [0.2, 0.25) is 19.6 Å². The van der Waals surface area contributed by atoms with Gasteiger partial charge in [0.1, 0.15) is 5.75 Å². The average Bonchev–Trinajstić information content (AvgIpc) is 2.77. The molecule has 1 aromatic carbocycles. The highest BCUT2D eigenvalue weighted by molar-refractivity contribution is 6.69. The molecule has 1 aliphatic heterocycles. The number of hydrogen-bond donors (Lipinski definition) is 0. The van der Waals surface area contributed by atoms with E-state index in [2.05, 4.69) is 19.6 Å². The number of nitrogens with zero attached hydrogens (tertiary/aromatic N) is 1. The maximum Gasteiger partial charge on any atom is 0.320 e. The van der Waals surface area contributed by atoms with Crippen LogP contribution in [-0.4, -0.2) is 56.9 Å². The number of benzene rings is 1. The molecule has 35 heavy (non-hydrogen) atoms. The van der Waals surface area contributed by atoms with Gasteiger partial charge in [0, 0.05) is 24.5 Å². The quantitative estimate of drug-likeness (QED) is 0.140. The van der Waals surface area contributed by atoms with E-state index in [1.807, 2.05) is 13.8 Å². The van der Waals surface area contributed by atoms with E-state index in [1.165, 1.54) is 24.3 Å². The summed E-state index contributed by atoms with van der Waals surface area (Å²) in [7, 11) is -2.02. The van der Waals surface area contributed by atoms with Crippen molar-refractivity contribution in [3.05, 3.63) is 34.4 Å². The molecule has 0 saturated carbocycles. The summed E-state index contributed by atoms with van der Waals surface area (Å²) < 4.78 is 29.1. The number of carbonyl (C=O) groups excluding carboxylic acids is 2. The molecule has 1 aliphatic rings. The third-order valence-corrected chi connectivity index (χ3v) is 6.83. The summed E-state index contributed by atoms with van der Waals surface area (Å²) in [6.07, 6.45) is -1.72. The van der Waals surface area contributed by atoms with Gasteiger partial charge in [0.2, 0.25) is 6.29 Å². The summed E-state index contributed by atoms with van der Waals surface area (Å²) >= 11 is 0. The second-order valence-electron chi connectivity index (χ2n) is 9.62. The molecule has 0 spiro atoms. The molecule has 0 aliphatic carbocycles. The number of rotatable bonds is 11. The van der Waals surface area contributed by atoms with E-state index >= 15 is 0 Å². The van der Waals surface area contributed by atoms with Crippen molar-refractivity contribution in [1.29, 1.82) is 0 Å². The normalized spacial score (nSPS) is 24.6. The fraction of sp³-hybridized carbons (Fsp3) is 0.667. The zero-order valence-electron chi connectivity index (χ0n) is 21.5. The summed E-state index contributed by atoms with van der Waals surface area (Å²) in [5, 5.41) is 11.0. The lowest BCUT2D eigenvalue weighted by molar-refractivity contribution is -0.384. The first kappa shape index (κ1) is 28.7. The molecule has 1 saturated heterocycles. The minimum Gasteiger partial charge on any atom is -0.465 e. The Balaban J connectivity index is 2.33. The van der Waals surface area contributed by atoms with Gasteiger partial charge in [-0.3, -0.25) is 19.7 Å². The van der Waals surface area contributed by atoms with Crippen LogP contribution in [0.25, 0.3) is 0 Å². The lowest BCUT2D eigenvalue weighted by Gasteiger charge is -2.46. The van der Waals surface area contributed by atoms with Crippen molar-refractivity contribution in [3.8, 4) is 5.75 Å². The van der Waals surface area contributed by atoms with Crippen LogP contribution in [0.5, 0.6) is 5.75 Å². The molecule has 0 N–H and O–H groups in total. The second-order valence-corrected chi connectivity index (χ2v) is 14.1. The molecular formula is C24H37NO9Si. The van der Waals surface area contributed by atoms with Crippen LogP contribution in [0.1, 0.15) is 34.1 Å². The molecule has 10 nitrogen and oxygen atoms in total. The molecule has 0 radical (unpaired) electrons. The topological polar surface area (TPSA) is 123 Å². The van der Waals surface area contributed by atoms with Gasteiger partial charge in [0.05, 0.1) is 30.3 Å². The van der Waals surface area contributed by atoms with Crippen LogP contribution in [-0.2, 0) is 28.2 Å². The van der Waals surface area contributed by atoms with Crippen LogP contribution in [0.15, 0.2) is 24.3 Å². The highest BCUT2D eigenvalue weighted by atomic mass is 28.4. The van der Waals surface area contributed by atoms with Crippen molar-refractivity contribution in [2.45, 2.75) is 72.3 Å². The Morgan fingerprint density at radius 2 is 1.57 bits per heavy atom. The van der Waals surface area contributed by atoms with Gasteiger partial charge in [-0.2, -0.15) is 0 Å². The van der Waals surface area contributed by atoms with Crippen molar-refractivity contribution in [2.75, 3.05) is 13.2 Å². The number of carbonyl (C=O) groups is 2. The zero-order chi connectivity index (χ0) is 26.3. The number of nitro benzene ring substituents is 1. The van der Waals surface area contributed by atoms with Crippen molar-refractivity contribution in [1.82, 2.24) is 0 Å². The maximum absolute atomic E-state index is 12.6. The predicted octanol–water partition coefficient (Wildman–Crippen LogP) is 4.32. The molecule has 5 atom stereocenters. The molecule has 0 aromatic heterocycles. The van der Waals surface area contributed by atoms with Crippen LogP contribution in [0, 0.1) is 27.9 Å². The Labute approximate surface area is 207 Å². The molecule has 0 unspecified atom stereocenters. The van der Waals surface area contributed by atoms with Gasteiger partial charge in [0.25, 0.3) is 5.69 Å². The van der Waals surface area contributed by atoms with Gasteiger partial charge in [-0.1, -0.05) is 13.8 Å². The third-order valence-electron chi connectivity index (χ3n) is 5.85. The fourth-order valence-corrected chi connectivity index (χ4v) is 5.15. The van der Waals surface area contributed by atoms with Crippen LogP contribution in [0.3, 0.4) is 0 Å². The number of ether oxygens (including phenoxy) is 4. The summed E-state index contributed by atoms with van der Waals surface area (Å²) in [5.74, 6) is -2.22. The summed E-state index contributed by atoms with van der Waals surface area (Å²) in [4.78, 5) is 35.7. The van der Waals surface area contributed by atoms with Crippen LogP contribution >= 0.6 is 0 Å². The van der Waals surface area contributed by atoms with Gasteiger partial charge in [0.15, 0.2) is 14.2 Å². The van der Waals surface area contributed by atoms with Crippen molar-refractivity contribution in [2.24, 2.45) is 17.8 Å². The first-order valence-corrected chi connectivity index (χ1v) is 15.4. The standard InChI is InChI=1S/C24H37NO9Si/c1-8-30-22(26)19(23(27)31-9-2)14-20-21(34-35(5,6)7)15(3)16(4)24(33-20)32-18-12-10-17(11-13-18)25(28)29/h10-13,15-16,19-21,24H,8-9,14H2,1-7H3/t15-,16+,20-,21+,24+/m1/s1. The van der Waals surface area contributed by atoms with E-state index in [0.717, 1.165) is 0 Å². The first-order chi connectivity index (χ1) is 16.4. The van der Waals surface area contributed by atoms with Gasteiger partial charge in [-0.05, 0) is 51.5 Å². The molecule has 1 fully saturated rings. The zero-order valence-corrected chi connectivity index (χ0v) is 22.5. The van der Waals surface area contributed by atoms with E-state index in [1.54, 1.807) is 13.8 Å². The molecular weight excluding hydrogens is 474 g/mol. The first-order valence-electron chi connectivity index (χ1n) is 12.0. The van der Waals surface area contributed by atoms with Crippen LogP contribution < -0.4 is 4.74 Å². The number of hydrogen-bond acceptors (Lipinski definition) is 9. The van der Waals surface area contributed by atoms with E-state index in [4.69, 9.17) is 23.4 Å². The van der Waals surface area contributed by atoms with Gasteiger partial charge < -0.3 is 23.4 Å². The molecule has 1 heterocycles. The van der Waals surface area contributed by atoms with E-state index in [0.29, 0.717) is 5.75 Å². The summed E-state index contributed by atoms with van der Waals surface area (Å²) in [6.45, 7) is 13.8. The number of nitro groups is 1. The lowest BCUT2D eigenvalue weighted by atomic mass is 9.82. The monoisotopic (exact) mass is 511 g/mol. The van der Waals surface area contributed by atoms with E-state index < -0.39 is 43.5 Å². The Hall–Kier alpha value is -2.50. The van der Waals surface area contributed by atoms with Crippen molar-refractivity contribution in [3.63, 3.8) is 0 Å². The van der Waals surface area contributed by atoms with Crippen molar-refractivity contribution >= 4 is 25.9 Å². The highest BCUT2D eigenvalue weighted by Crippen LogP contribution is 2.38. The maximum atomic E-state index is 12.6. The smallest absolute Gasteiger partial charge is 0.320 e. The Kier molecular flexibility index (Phi) is 10.2. The summed E-state index contributed by atoms with van der Waals surface area (Å²) in [5.41, 5.74) is -0.0449. The third kappa shape index (κ3) is 8.01. The largest absolute Gasteiger partial charge is 0.465 e. The Morgan fingerprint density at radius 3 is 2.03 bits per heavy atom. The van der Waals surface area contributed by atoms with E-state index in [9.17, 15) is 19.7 Å². The fourth-order valence-electron chi connectivity index (χ4n) is 3.96. The highest BCUT2D eigenvalue weighted by Gasteiger charge is 2.47. The van der Waals surface area contributed by atoms with Gasteiger partial charge in [-0.15, -0.1) is 0 Å². The SMILES string of the molecule is CCOC(=O)C(C[C@H]1O[C@H](Oc2ccc([N+](=O)[O-])cc2)[C@@H](C)[C@@H](C)[C@@H]1O[Si](C)(C)C)C(=O)OCC. The molecule has 1 aromatic rings. The molecule has 2 rings (SSSR count). The van der Waals surface area contributed by atoms with Crippen LogP contribution in [0.4, 0.5) is 5.69 Å². The molecule has 196 valence electrons. The number of non-ortho nitro benzene ring substituents is 1. The van der Waals surface area contributed by atoms with Crippen molar-refractivity contribution < 1.29 is 37.9 Å². The lowest BCUT2D eigenvalue weighted by Crippen LogP contribution is -2.55. The van der Waals surface area contributed by atoms with E-state index in [-0.39, 0.29) is 43.3 Å². The molecule has 0 amide bonds. The van der Waals surface area contributed by atoms with Gasteiger partial charge in [-0.25, -0.2) is 0 Å². The second kappa shape index (κ2) is 12.5. The molecule has 11 heteroatoms.